The Morgan fingerprint density at radius 1 is 1.69 bits per heavy atom. The number of carbonyl (C=O) groups is 1. The Balaban J connectivity index is 3.12. The van der Waals surface area contributed by atoms with Crippen molar-refractivity contribution in [1.29, 1.82) is 0 Å². The SMILES string of the molecule is COCc1cc(C(C)=O)n(C)c1Br. The van der Waals surface area contributed by atoms with E-state index < -0.39 is 0 Å². The molecule has 0 aromatic carbocycles. The van der Waals surface area contributed by atoms with Gasteiger partial charge < -0.3 is 9.30 Å². The normalized spacial score (nSPS) is 10.5. The average molecular weight is 246 g/mol. The predicted molar refractivity (Wildman–Crippen MR) is 53.8 cm³/mol. The Bertz CT molecular complexity index is 331. The molecular formula is C9H12BrNO2. The number of ether oxygens (including phenoxy) is 1. The number of Topliss-reactive ketones (excluding diaryl/α,β-unsaturated/α-hetero) is 1. The molecule has 3 nitrogen and oxygen atoms in total. The zero-order chi connectivity index (χ0) is 10.0. The van der Waals surface area contributed by atoms with Crippen molar-refractivity contribution in [1.82, 2.24) is 4.57 Å². The molecule has 0 unspecified atom stereocenters. The van der Waals surface area contributed by atoms with E-state index in [2.05, 4.69) is 15.9 Å². The van der Waals surface area contributed by atoms with Crippen molar-refractivity contribution in [3.05, 3.63) is 21.9 Å². The van der Waals surface area contributed by atoms with E-state index in [1.165, 1.54) is 0 Å². The molecule has 0 fully saturated rings. The van der Waals surface area contributed by atoms with Crippen molar-refractivity contribution < 1.29 is 9.53 Å². The number of hydrogen-bond donors (Lipinski definition) is 0. The number of hydrogen-bond acceptors (Lipinski definition) is 2. The molecule has 0 aliphatic carbocycles. The molecule has 0 saturated carbocycles. The van der Waals surface area contributed by atoms with Crippen molar-refractivity contribution in [3.8, 4) is 0 Å². The largest absolute Gasteiger partial charge is 0.380 e. The van der Waals surface area contributed by atoms with Crippen LogP contribution in [0.15, 0.2) is 10.7 Å². The van der Waals surface area contributed by atoms with Crippen LogP contribution in [0, 0.1) is 0 Å². The summed E-state index contributed by atoms with van der Waals surface area (Å²) >= 11 is 3.40. The minimum atomic E-state index is 0.0607. The quantitative estimate of drug-likeness (QED) is 0.765. The number of aromatic nitrogens is 1. The number of nitrogens with zero attached hydrogens (tertiary/aromatic N) is 1. The molecule has 0 aliphatic heterocycles. The van der Waals surface area contributed by atoms with Crippen LogP contribution in [0.1, 0.15) is 23.0 Å². The fourth-order valence-corrected chi connectivity index (χ4v) is 1.66. The summed E-state index contributed by atoms with van der Waals surface area (Å²) in [4.78, 5) is 11.2. The summed E-state index contributed by atoms with van der Waals surface area (Å²) in [6, 6.07) is 1.84. The summed E-state index contributed by atoms with van der Waals surface area (Å²) in [6.07, 6.45) is 0. The predicted octanol–water partition coefficient (Wildman–Crippen LogP) is 2.14. The number of rotatable bonds is 3. The van der Waals surface area contributed by atoms with E-state index in [1.807, 2.05) is 17.7 Å². The van der Waals surface area contributed by atoms with Gasteiger partial charge in [0.15, 0.2) is 5.78 Å². The van der Waals surface area contributed by atoms with Crippen LogP contribution < -0.4 is 0 Å². The van der Waals surface area contributed by atoms with Crippen LogP contribution in [0.25, 0.3) is 0 Å². The molecule has 0 aliphatic rings. The molecule has 1 aromatic heterocycles. The van der Waals surface area contributed by atoms with Gasteiger partial charge in [0, 0.05) is 26.6 Å². The lowest BCUT2D eigenvalue weighted by Gasteiger charge is -1.99. The third-order valence-corrected chi connectivity index (χ3v) is 2.93. The molecule has 0 N–H and O–H groups in total. The smallest absolute Gasteiger partial charge is 0.176 e. The molecule has 0 radical (unpaired) electrons. The van der Waals surface area contributed by atoms with Gasteiger partial charge in [0.05, 0.1) is 16.9 Å². The third kappa shape index (κ3) is 2.00. The molecule has 0 saturated heterocycles. The Morgan fingerprint density at radius 3 is 2.69 bits per heavy atom. The van der Waals surface area contributed by atoms with Gasteiger partial charge in [0.2, 0.25) is 0 Å². The second kappa shape index (κ2) is 4.07. The van der Waals surface area contributed by atoms with Crippen molar-refractivity contribution in [2.45, 2.75) is 13.5 Å². The van der Waals surface area contributed by atoms with Gasteiger partial charge in [-0.15, -0.1) is 0 Å². The number of methoxy groups -OCH3 is 1. The fraction of sp³-hybridized carbons (Fsp3) is 0.444. The van der Waals surface area contributed by atoms with Crippen LogP contribution in [0.2, 0.25) is 0 Å². The van der Waals surface area contributed by atoms with Crippen molar-refractivity contribution in [3.63, 3.8) is 0 Å². The van der Waals surface area contributed by atoms with Crippen molar-refractivity contribution in [2.75, 3.05) is 7.11 Å². The summed E-state index contributed by atoms with van der Waals surface area (Å²) < 4.78 is 7.72. The van der Waals surface area contributed by atoms with E-state index in [9.17, 15) is 4.79 Å². The van der Waals surface area contributed by atoms with Gasteiger partial charge in [-0.05, 0) is 22.0 Å². The summed E-state index contributed by atoms with van der Waals surface area (Å²) in [7, 11) is 3.48. The van der Waals surface area contributed by atoms with E-state index in [0.29, 0.717) is 12.3 Å². The standard InChI is InChI=1S/C9H12BrNO2/c1-6(12)8-4-7(5-13-3)9(10)11(8)2/h4H,5H2,1-3H3. The van der Waals surface area contributed by atoms with Crippen LogP contribution in [0.5, 0.6) is 0 Å². The second-order valence-electron chi connectivity index (χ2n) is 2.89. The maximum Gasteiger partial charge on any atom is 0.176 e. The lowest BCUT2D eigenvalue weighted by Crippen LogP contribution is -2.00. The van der Waals surface area contributed by atoms with Gasteiger partial charge in [0.1, 0.15) is 0 Å². The first kappa shape index (κ1) is 10.5. The van der Waals surface area contributed by atoms with Crippen molar-refractivity contribution in [2.24, 2.45) is 7.05 Å². The van der Waals surface area contributed by atoms with Gasteiger partial charge in [-0.2, -0.15) is 0 Å². The van der Waals surface area contributed by atoms with Crippen LogP contribution in [0.3, 0.4) is 0 Å². The first-order valence-electron chi connectivity index (χ1n) is 3.92. The summed E-state index contributed by atoms with van der Waals surface area (Å²) in [6.45, 7) is 2.07. The molecule has 0 atom stereocenters. The molecule has 0 bridgehead atoms. The average Bonchev–Trinajstić information content (AvgIpc) is 2.33. The second-order valence-corrected chi connectivity index (χ2v) is 3.64. The van der Waals surface area contributed by atoms with E-state index in [0.717, 1.165) is 10.2 Å². The molecule has 0 spiro atoms. The summed E-state index contributed by atoms with van der Waals surface area (Å²) in [5, 5.41) is 0. The first-order chi connectivity index (χ1) is 6.07. The summed E-state index contributed by atoms with van der Waals surface area (Å²) in [5.41, 5.74) is 1.69. The Morgan fingerprint density at radius 2 is 2.31 bits per heavy atom. The number of carbonyl (C=O) groups excluding carboxylic acids is 1. The topological polar surface area (TPSA) is 31.2 Å². The van der Waals surface area contributed by atoms with Crippen molar-refractivity contribution >= 4 is 21.7 Å². The zero-order valence-electron chi connectivity index (χ0n) is 7.93. The van der Waals surface area contributed by atoms with Crippen LogP contribution in [-0.2, 0) is 18.4 Å². The van der Waals surface area contributed by atoms with Gasteiger partial charge in [0.25, 0.3) is 0 Å². The van der Waals surface area contributed by atoms with Gasteiger partial charge >= 0.3 is 0 Å². The Labute approximate surface area is 85.8 Å². The summed E-state index contributed by atoms with van der Waals surface area (Å²) in [5.74, 6) is 0.0607. The Hall–Kier alpha value is -0.610. The minimum absolute atomic E-state index is 0.0607. The van der Waals surface area contributed by atoms with Gasteiger partial charge in [-0.25, -0.2) is 0 Å². The molecule has 72 valence electrons. The zero-order valence-corrected chi connectivity index (χ0v) is 9.51. The fourth-order valence-electron chi connectivity index (χ4n) is 1.24. The highest BCUT2D eigenvalue weighted by atomic mass is 79.9. The molecule has 1 rings (SSSR count). The molecule has 13 heavy (non-hydrogen) atoms. The molecule has 1 aromatic rings. The van der Waals surface area contributed by atoms with Crippen LogP contribution in [-0.4, -0.2) is 17.5 Å². The highest BCUT2D eigenvalue weighted by molar-refractivity contribution is 9.10. The number of ketones is 1. The third-order valence-electron chi connectivity index (χ3n) is 1.89. The first-order valence-corrected chi connectivity index (χ1v) is 4.71. The molecule has 0 amide bonds. The minimum Gasteiger partial charge on any atom is -0.380 e. The van der Waals surface area contributed by atoms with Crippen LogP contribution in [0.4, 0.5) is 0 Å². The molecular weight excluding hydrogens is 234 g/mol. The van der Waals surface area contributed by atoms with E-state index in [4.69, 9.17) is 4.74 Å². The molecule has 4 heteroatoms. The number of halogens is 1. The monoisotopic (exact) mass is 245 g/mol. The lowest BCUT2D eigenvalue weighted by atomic mass is 10.3. The maximum absolute atomic E-state index is 11.2. The maximum atomic E-state index is 11.2. The van der Waals surface area contributed by atoms with Gasteiger partial charge in [-0.1, -0.05) is 0 Å². The Kier molecular flexibility index (Phi) is 3.27. The van der Waals surface area contributed by atoms with Crippen LogP contribution >= 0.6 is 15.9 Å². The van der Waals surface area contributed by atoms with E-state index >= 15 is 0 Å². The lowest BCUT2D eigenvalue weighted by molar-refractivity contribution is 0.101. The highest BCUT2D eigenvalue weighted by Gasteiger charge is 2.12. The molecule has 1 heterocycles. The van der Waals surface area contributed by atoms with E-state index in [-0.39, 0.29) is 5.78 Å². The van der Waals surface area contributed by atoms with Gasteiger partial charge in [-0.3, -0.25) is 4.79 Å². The highest BCUT2D eigenvalue weighted by Crippen LogP contribution is 2.21. The van der Waals surface area contributed by atoms with E-state index in [1.54, 1.807) is 14.0 Å².